The molecule has 0 heterocycles. The molecule has 0 aromatic carbocycles. The summed E-state index contributed by atoms with van der Waals surface area (Å²) in [5, 5.41) is 0. The van der Waals surface area contributed by atoms with Crippen molar-refractivity contribution in [3.63, 3.8) is 0 Å². The summed E-state index contributed by atoms with van der Waals surface area (Å²) in [6, 6.07) is 0. The molecule has 4 nitrogen and oxygen atoms in total. The summed E-state index contributed by atoms with van der Waals surface area (Å²) in [5.74, 6) is 0. The van der Waals surface area contributed by atoms with Gasteiger partial charge in [-0.2, -0.15) is 0 Å². The summed E-state index contributed by atoms with van der Waals surface area (Å²) in [4.78, 5) is 9.36. The van der Waals surface area contributed by atoms with Crippen LogP contribution in [0.4, 0.5) is 0 Å². The van der Waals surface area contributed by atoms with Crippen molar-refractivity contribution in [1.82, 2.24) is 4.97 Å². The number of hydrogen-bond acceptors (Lipinski definition) is 2. The van der Waals surface area contributed by atoms with E-state index in [-0.39, 0.29) is 0 Å². The molecule has 5 heteroatoms. The van der Waals surface area contributed by atoms with E-state index in [1.165, 1.54) is 4.97 Å². The van der Waals surface area contributed by atoms with E-state index in [1.54, 1.807) is 0 Å². The van der Waals surface area contributed by atoms with Gasteiger partial charge in [0.05, 0.1) is 0 Å². The Balaban J connectivity index is 0. The van der Waals surface area contributed by atoms with Crippen LogP contribution in [0.3, 0.4) is 0 Å². The Kier molecular flexibility index (Phi) is 115. The van der Waals surface area contributed by atoms with Crippen LogP contribution in [0, 0.1) is 4.91 Å². The Labute approximate surface area is 35.8 Å². The molecule has 31 valence electrons. The van der Waals surface area contributed by atoms with Crippen molar-refractivity contribution < 1.29 is 19.5 Å². The fraction of sp³-hybridized carbons (Fsp3) is 0. The van der Waals surface area contributed by atoms with Crippen molar-refractivity contribution in [2.24, 2.45) is 0 Å². The summed E-state index contributed by atoms with van der Waals surface area (Å²) in [6.45, 7) is 0. The fourth-order valence-corrected chi connectivity index (χ4v) is 0. The Morgan fingerprint density at radius 1 is 1.60 bits per heavy atom. The van der Waals surface area contributed by atoms with Gasteiger partial charge in [0.15, 0.2) is 4.91 Å². The third-order valence-electron chi connectivity index (χ3n) is 0. The summed E-state index contributed by atoms with van der Waals surface area (Å²) < 4.78 is 7.94. The van der Waals surface area contributed by atoms with Crippen molar-refractivity contribution in [2.45, 2.75) is 0 Å². The standard InChI is InChI=1S/Co.N2O.O/c;1-2-3;. The van der Waals surface area contributed by atoms with Crippen LogP contribution in [-0.2, 0) is 19.5 Å². The van der Waals surface area contributed by atoms with Gasteiger partial charge in [-0.15, -0.1) is 0 Å². The molecule has 0 saturated heterocycles. The van der Waals surface area contributed by atoms with Gasteiger partial charge in [0, 0.05) is 0 Å². The first-order valence-corrected chi connectivity index (χ1v) is 0.944. The second-order valence-electron chi connectivity index (χ2n) is 0.0816. The molecule has 0 radical (unpaired) electrons. The summed E-state index contributed by atoms with van der Waals surface area (Å²) in [7, 11) is 0. The van der Waals surface area contributed by atoms with Crippen LogP contribution >= 0.6 is 0 Å². The second kappa shape index (κ2) is 65.1. The molecule has 0 unspecified atom stereocenters. The Morgan fingerprint density at radius 3 is 1.60 bits per heavy atom. The summed E-state index contributed by atoms with van der Waals surface area (Å²) in [5.41, 5.74) is 6.64. The molecule has 5 heavy (non-hydrogen) atoms. The first-order chi connectivity index (χ1) is 2.41. The van der Waals surface area contributed by atoms with Crippen LogP contribution in [-0.4, -0.2) is 0 Å². The van der Waals surface area contributed by atoms with Crippen LogP contribution in [0.5, 0.6) is 0 Å². The SMILES string of the molecule is [N-]=[N+]=O.[O]=[Co]. The van der Waals surface area contributed by atoms with Crippen LogP contribution in [0.2, 0.25) is 0 Å². The minimum absolute atomic E-state index is 1.25. The molecule has 0 aromatic rings. The topological polar surface area (TPSA) is 70.5 Å². The molecule has 0 aliphatic carbocycles. The van der Waals surface area contributed by atoms with Gasteiger partial charge in [-0.05, 0) is 0 Å². The van der Waals surface area contributed by atoms with Crippen molar-refractivity contribution in [3.05, 3.63) is 10.4 Å². The first-order valence-electron chi connectivity index (χ1n) is 0.519. The van der Waals surface area contributed by atoms with Crippen molar-refractivity contribution in [2.75, 3.05) is 0 Å². The van der Waals surface area contributed by atoms with Gasteiger partial charge in [0.2, 0.25) is 0 Å². The Bertz CT molecular complexity index is 36.9. The van der Waals surface area contributed by atoms with Gasteiger partial charge in [-0.1, -0.05) is 0 Å². The molecule has 0 fully saturated rings. The zero-order chi connectivity index (χ0) is 4.71. The molecule has 0 saturated carbocycles. The molecule has 0 amide bonds. The van der Waals surface area contributed by atoms with Crippen LogP contribution in [0.15, 0.2) is 0 Å². The van der Waals surface area contributed by atoms with Gasteiger partial charge in [-0.3, -0.25) is 5.53 Å². The molecule has 0 spiro atoms. The zero-order valence-corrected chi connectivity index (χ0v) is 3.09. The maximum atomic E-state index is 8.11. The molecule has 0 rings (SSSR count). The molecule has 0 N–H and O–H groups in total. The van der Waals surface area contributed by atoms with Crippen molar-refractivity contribution in [3.8, 4) is 0 Å². The van der Waals surface area contributed by atoms with E-state index in [1.807, 2.05) is 0 Å². The molecule has 0 atom stereocenters. The Morgan fingerprint density at radius 2 is 1.60 bits per heavy atom. The van der Waals surface area contributed by atoms with E-state index in [0.29, 0.717) is 0 Å². The van der Waals surface area contributed by atoms with E-state index >= 15 is 0 Å². The third kappa shape index (κ3) is 64.3. The molecule has 0 aliphatic rings. The normalized spacial score (nSPS) is 2.60. The summed E-state index contributed by atoms with van der Waals surface area (Å²) >= 11 is 2.31. The van der Waals surface area contributed by atoms with E-state index in [4.69, 9.17) is 14.3 Å². The van der Waals surface area contributed by atoms with Gasteiger partial charge in [0.1, 0.15) is 4.97 Å². The molecule has 0 aromatic heterocycles. The van der Waals surface area contributed by atoms with Crippen LogP contribution in [0.25, 0.3) is 5.53 Å². The number of nitroso groups, excluding NO2 is 1. The monoisotopic (exact) mass is 119 g/mol. The van der Waals surface area contributed by atoms with Gasteiger partial charge < -0.3 is 0 Å². The van der Waals surface area contributed by atoms with E-state index < -0.39 is 0 Å². The zero-order valence-electron chi connectivity index (χ0n) is 2.04. The number of rotatable bonds is 0. The van der Waals surface area contributed by atoms with Crippen LogP contribution < -0.4 is 4.97 Å². The molecular weight excluding hydrogens is 119 g/mol. The van der Waals surface area contributed by atoms with E-state index in [9.17, 15) is 0 Å². The average Bonchev–Trinajstić information content (AvgIpc) is 1.46. The van der Waals surface area contributed by atoms with Gasteiger partial charge in [0.25, 0.3) is 0 Å². The predicted molar refractivity (Wildman–Crippen MR) is 9.55 cm³/mol. The number of hydrogen-bond donors (Lipinski definition) is 0. The number of nitrogens with zero attached hydrogens (tertiary/aromatic N) is 2. The third-order valence-corrected chi connectivity index (χ3v) is 0. The molecule has 0 aliphatic heterocycles. The average molecular weight is 119 g/mol. The molecule has 0 bridgehead atoms. The second-order valence-corrected chi connectivity index (χ2v) is 0.0816. The fourth-order valence-electron chi connectivity index (χ4n) is 0. The summed E-state index contributed by atoms with van der Waals surface area (Å²) in [6.07, 6.45) is 0. The first kappa shape index (κ1) is 8.82. The van der Waals surface area contributed by atoms with E-state index in [2.05, 4.69) is 15.7 Å². The Hall–Kier alpha value is -0.384. The van der Waals surface area contributed by atoms with Gasteiger partial charge in [-0.25, -0.2) is 0 Å². The van der Waals surface area contributed by atoms with Crippen LogP contribution in [0.1, 0.15) is 0 Å². The van der Waals surface area contributed by atoms with Crippen molar-refractivity contribution >= 4 is 0 Å². The minimum atomic E-state index is 1.25. The van der Waals surface area contributed by atoms with E-state index in [0.717, 1.165) is 0 Å². The predicted octanol–water partition coefficient (Wildman–Crippen LogP) is -0.280. The quantitative estimate of drug-likeness (QED) is 0.325. The van der Waals surface area contributed by atoms with Gasteiger partial charge >= 0.3 is 19.5 Å². The molecular formula is CoN2O2. The van der Waals surface area contributed by atoms with Crippen molar-refractivity contribution in [1.29, 1.82) is 0 Å². The maximum absolute atomic E-state index is 8.11.